The highest BCUT2D eigenvalue weighted by molar-refractivity contribution is 8.18. The molecule has 4 nitrogen and oxygen atoms in total. The van der Waals surface area contributed by atoms with Gasteiger partial charge in [-0.2, -0.15) is 0 Å². The van der Waals surface area contributed by atoms with Crippen LogP contribution in [0.3, 0.4) is 0 Å². The third-order valence-electron chi connectivity index (χ3n) is 11.0. The van der Waals surface area contributed by atoms with Gasteiger partial charge in [0.1, 0.15) is 6.54 Å². The van der Waals surface area contributed by atoms with Crippen LogP contribution in [0.25, 0.3) is 5.57 Å². The van der Waals surface area contributed by atoms with Crippen molar-refractivity contribution in [3.63, 3.8) is 0 Å². The molecule has 1 heterocycles. The molecular weight excluding hydrogens is 593 g/mol. The van der Waals surface area contributed by atoms with E-state index >= 15 is 0 Å². The summed E-state index contributed by atoms with van der Waals surface area (Å²) in [6, 6.07) is 19.2. The van der Waals surface area contributed by atoms with Gasteiger partial charge in [-0.1, -0.05) is 88.4 Å². The molecule has 1 aliphatic heterocycles. The largest absolute Gasteiger partial charge is 0.372 e. The molecule has 0 amide bonds. The lowest BCUT2D eigenvalue weighted by molar-refractivity contribution is -0.572. The van der Waals surface area contributed by atoms with E-state index in [1.807, 2.05) is 11.8 Å². The molecule has 0 saturated heterocycles. The van der Waals surface area contributed by atoms with Gasteiger partial charge in [-0.25, -0.2) is 4.58 Å². The third-order valence-corrected chi connectivity index (χ3v) is 12.1. The standard InChI is InChI=1S/C42H55N4S/c1-10-30-15-17-31(18-16-30)27-46(28(6)7)41-43-40-39(47-41)37(32-19-21-33(22-20-32)44(11-2)12-3)34-23-24-35(45(13-4)14-5)36-29(8)25-26-42(40,9)38(34)36/h15-26,28-29,34-35H,10-14,27H2,1-9H3/q+1. The van der Waals surface area contributed by atoms with Gasteiger partial charge in [-0.05, 0) is 111 Å². The Morgan fingerprint density at radius 3 is 2.11 bits per heavy atom. The minimum absolute atomic E-state index is 0.225. The zero-order valence-corrected chi connectivity index (χ0v) is 31.0. The number of hydrogen-bond acceptors (Lipinski definition) is 3. The monoisotopic (exact) mass is 647 g/mol. The topological polar surface area (TPSA) is 21.9 Å². The quantitative estimate of drug-likeness (QED) is 0.179. The number of thioether (sulfide) groups is 1. The molecule has 248 valence electrons. The smallest absolute Gasteiger partial charge is 0.360 e. The number of allylic oxidation sites excluding steroid dienone is 6. The van der Waals surface area contributed by atoms with Gasteiger partial charge in [-0.3, -0.25) is 4.90 Å². The number of nitrogens with zero attached hydrogens (tertiary/aromatic N) is 4. The van der Waals surface area contributed by atoms with Gasteiger partial charge >= 0.3 is 5.17 Å². The summed E-state index contributed by atoms with van der Waals surface area (Å²) in [7, 11) is 0. The predicted octanol–water partition coefficient (Wildman–Crippen LogP) is 9.39. The van der Waals surface area contributed by atoms with Gasteiger partial charge in [0.15, 0.2) is 5.71 Å². The zero-order chi connectivity index (χ0) is 33.5. The molecule has 6 rings (SSSR count). The van der Waals surface area contributed by atoms with Gasteiger partial charge in [-0.15, -0.1) is 0 Å². The first kappa shape index (κ1) is 33.7. The summed E-state index contributed by atoms with van der Waals surface area (Å²) in [6.45, 7) is 25.7. The summed E-state index contributed by atoms with van der Waals surface area (Å²) in [5.74, 6) is 0.615. The lowest BCUT2D eigenvalue weighted by Crippen LogP contribution is -2.46. The molecule has 0 saturated carbocycles. The van der Waals surface area contributed by atoms with E-state index in [2.05, 4.69) is 150 Å². The molecular formula is C42H55N4S+. The van der Waals surface area contributed by atoms with E-state index in [9.17, 15) is 0 Å². The van der Waals surface area contributed by atoms with Crippen LogP contribution in [0.4, 0.5) is 5.69 Å². The van der Waals surface area contributed by atoms with Crippen molar-refractivity contribution in [1.82, 2.24) is 4.90 Å². The fourth-order valence-corrected chi connectivity index (χ4v) is 9.63. The van der Waals surface area contributed by atoms with Gasteiger partial charge in [0, 0.05) is 42.5 Å². The fourth-order valence-electron chi connectivity index (χ4n) is 8.21. The molecule has 0 radical (unpaired) electrons. The average Bonchev–Trinajstić information content (AvgIpc) is 3.53. The van der Waals surface area contributed by atoms with E-state index in [1.165, 1.54) is 38.6 Å². The van der Waals surface area contributed by atoms with Crippen molar-refractivity contribution < 1.29 is 4.58 Å². The van der Waals surface area contributed by atoms with Crippen molar-refractivity contribution in [1.29, 1.82) is 0 Å². The van der Waals surface area contributed by atoms with Crippen molar-refractivity contribution in [3.05, 3.63) is 106 Å². The summed E-state index contributed by atoms with van der Waals surface area (Å²) < 4.78 is 2.51. The summed E-state index contributed by atoms with van der Waals surface area (Å²) >= 11 is 1.90. The van der Waals surface area contributed by atoms with Crippen LogP contribution >= 0.6 is 11.8 Å². The zero-order valence-electron chi connectivity index (χ0n) is 30.2. The first-order valence-corrected chi connectivity index (χ1v) is 18.9. The summed E-state index contributed by atoms with van der Waals surface area (Å²) in [4.78, 5) is 12.1. The Bertz CT molecular complexity index is 1660. The number of likely N-dealkylation sites (N-methyl/N-ethyl adjacent to an activating group) is 1. The minimum atomic E-state index is -0.247. The van der Waals surface area contributed by atoms with Crippen LogP contribution in [-0.4, -0.2) is 58.6 Å². The molecule has 2 aromatic rings. The molecule has 2 aromatic carbocycles. The van der Waals surface area contributed by atoms with Crippen LogP contribution in [0.5, 0.6) is 0 Å². The lowest BCUT2D eigenvalue weighted by atomic mass is 9.57. The number of fused-ring (bicyclic) bond motifs is 2. The molecule has 0 spiro atoms. The summed E-state index contributed by atoms with van der Waals surface area (Å²) in [5.41, 5.74) is 10.9. The van der Waals surface area contributed by atoms with Gasteiger partial charge < -0.3 is 4.90 Å². The van der Waals surface area contributed by atoms with Gasteiger partial charge in [0.25, 0.3) is 0 Å². The Balaban J connectivity index is 1.56. The SMILES string of the molecule is CCc1ccc(C[N+](=C2N=C3C(=C(c4ccc(N(CC)CC)cc4)C4C=CC(N(CC)CC)C5=C4C3(C)C=CC5C)S2)C(C)C)cc1. The highest BCUT2D eigenvalue weighted by Crippen LogP contribution is 2.59. The van der Waals surface area contributed by atoms with Crippen molar-refractivity contribution in [2.45, 2.75) is 87.4 Å². The number of hydrogen-bond donors (Lipinski definition) is 0. The van der Waals surface area contributed by atoms with E-state index in [-0.39, 0.29) is 11.3 Å². The number of amidine groups is 1. The Labute approximate surface area is 288 Å². The van der Waals surface area contributed by atoms with Gasteiger partial charge in [0.05, 0.1) is 16.4 Å². The maximum Gasteiger partial charge on any atom is 0.360 e. The van der Waals surface area contributed by atoms with Crippen LogP contribution in [-0.2, 0) is 13.0 Å². The maximum atomic E-state index is 5.66. The second-order valence-corrected chi connectivity index (χ2v) is 14.9. The minimum Gasteiger partial charge on any atom is -0.372 e. The number of benzene rings is 2. The normalized spacial score (nSPS) is 25.9. The van der Waals surface area contributed by atoms with Crippen molar-refractivity contribution in [3.8, 4) is 0 Å². The highest BCUT2D eigenvalue weighted by Gasteiger charge is 2.55. The fraction of sp³-hybridized carbons (Fsp3) is 0.476. The number of anilines is 1. The molecule has 0 aromatic heterocycles. The molecule has 4 atom stereocenters. The Kier molecular flexibility index (Phi) is 9.88. The third kappa shape index (κ3) is 5.93. The van der Waals surface area contributed by atoms with E-state index in [0.29, 0.717) is 18.0 Å². The Hall–Kier alpha value is -3.15. The molecule has 5 heteroatoms. The van der Waals surface area contributed by atoms with E-state index in [4.69, 9.17) is 4.99 Å². The lowest BCUT2D eigenvalue weighted by Gasteiger charge is -2.48. The number of rotatable bonds is 11. The molecule has 4 aliphatic rings. The van der Waals surface area contributed by atoms with E-state index in [0.717, 1.165) is 44.3 Å². The Morgan fingerprint density at radius 2 is 1.51 bits per heavy atom. The number of aliphatic imine (C=N–C) groups is 1. The summed E-state index contributed by atoms with van der Waals surface area (Å²) in [6.07, 6.45) is 11.1. The number of aryl methyl sites for hydroxylation is 1. The molecule has 3 aliphatic carbocycles. The van der Waals surface area contributed by atoms with Crippen molar-refractivity contribution in [2.24, 2.45) is 22.2 Å². The van der Waals surface area contributed by atoms with E-state index in [1.54, 1.807) is 11.1 Å². The molecule has 0 N–H and O–H groups in total. The molecule has 4 unspecified atom stereocenters. The average molecular weight is 648 g/mol. The molecule has 47 heavy (non-hydrogen) atoms. The van der Waals surface area contributed by atoms with Crippen molar-refractivity contribution >= 4 is 33.9 Å². The molecule has 0 bridgehead atoms. The van der Waals surface area contributed by atoms with Crippen molar-refractivity contribution in [2.75, 3.05) is 31.1 Å². The second kappa shape index (κ2) is 13.8. The van der Waals surface area contributed by atoms with Crippen LogP contribution in [0.15, 0.2) is 93.9 Å². The van der Waals surface area contributed by atoms with Crippen LogP contribution < -0.4 is 4.90 Å². The second-order valence-electron chi connectivity index (χ2n) is 13.9. The Morgan fingerprint density at radius 1 is 0.851 bits per heavy atom. The van der Waals surface area contributed by atoms with Crippen LogP contribution in [0.2, 0.25) is 0 Å². The first-order valence-electron chi connectivity index (χ1n) is 18.1. The van der Waals surface area contributed by atoms with Gasteiger partial charge in [0.2, 0.25) is 0 Å². The van der Waals surface area contributed by atoms with Crippen LogP contribution in [0, 0.1) is 17.3 Å². The highest BCUT2D eigenvalue weighted by atomic mass is 32.2. The maximum absolute atomic E-state index is 5.66. The summed E-state index contributed by atoms with van der Waals surface area (Å²) in [5, 5.41) is 1.13. The van der Waals surface area contributed by atoms with Crippen LogP contribution in [0.1, 0.15) is 79.0 Å². The first-order chi connectivity index (χ1) is 22.7. The predicted molar refractivity (Wildman–Crippen MR) is 205 cm³/mol. The van der Waals surface area contributed by atoms with E-state index < -0.39 is 0 Å². The molecule has 0 fully saturated rings.